The van der Waals surface area contributed by atoms with Gasteiger partial charge in [0, 0.05) is 39.4 Å². The van der Waals surface area contributed by atoms with Gasteiger partial charge >= 0.3 is 0 Å². The molecule has 1 aromatic rings. The van der Waals surface area contributed by atoms with Gasteiger partial charge in [0.05, 0.1) is 5.41 Å². The minimum absolute atomic E-state index is 0. The Balaban J connectivity index is 0.00000182. The molecule has 0 bridgehead atoms. The fourth-order valence-corrected chi connectivity index (χ4v) is 3.93. The van der Waals surface area contributed by atoms with E-state index in [0.29, 0.717) is 25.7 Å². The molecule has 1 amide bonds. The molecular weight excluding hydrogens is 385 g/mol. The number of hydrogen-bond donors (Lipinski definition) is 2. The lowest BCUT2D eigenvalue weighted by Gasteiger charge is -2.34. The highest BCUT2D eigenvalue weighted by molar-refractivity contribution is 5.85. The molecule has 0 aromatic heterocycles. The summed E-state index contributed by atoms with van der Waals surface area (Å²) in [5.74, 6) is 0.676. The average molecular weight is 418 g/mol. The molecule has 2 aliphatic heterocycles. The van der Waals surface area contributed by atoms with E-state index in [1.54, 1.807) is 0 Å². The molecule has 5 nitrogen and oxygen atoms in total. The van der Waals surface area contributed by atoms with E-state index in [-0.39, 0.29) is 30.7 Å². The van der Waals surface area contributed by atoms with Gasteiger partial charge in [0.1, 0.15) is 0 Å². The molecule has 27 heavy (non-hydrogen) atoms. The van der Waals surface area contributed by atoms with E-state index in [0.717, 1.165) is 51.9 Å². The topological polar surface area (TPSA) is 67.6 Å². The number of nitrogens with one attached hydrogen (secondary N) is 1. The van der Waals surface area contributed by atoms with Gasteiger partial charge in [-0.15, -0.1) is 24.8 Å². The quantitative estimate of drug-likeness (QED) is 0.713. The maximum atomic E-state index is 12.6. The predicted octanol–water partition coefficient (Wildman–Crippen LogP) is 2.27. The number of carbonyl (C=O) groups excluding carboxylic acids is 1. The Hall–Kier alpha value is -0.850. The van der Waals surface area contributed by atoms with Crippen LogP contribution in [0.1, 0.15) is 24.8 Å². The first-order valence-corrected chi connectivity index (χ1v) is 9.54. The van der Waals surface area contributed by atoms with Crippen LogP contribution in [0.15, 0.2) is 30.3 Å². The number of nitrogens with zero attached hydrogens (tertiary/aromatic N) is 1. The van der Waals surface area contributed by atoms with E-state index in [1.807, 2.05) is 0 Å². The molecule has 0 saturated carbocycles. The summed E-state index contributed by atoms with van der Waals surface area (Å²) in [5, 5.41) is 3.18. The number of rotatable bonds is 7. The van der Waals surface area contributed by atoms with Crippen LogP contribution >= 0.6 is 24.8 Å². The van der Waals surface area contributed by atoms with Crippen molar-refractivity contribution in [3.63, 3.8) is 0 Å². The molecule has 2 aliphatic rings. The molecule has 154 valence electrons. The summed E-state index contributed by atoms with van der Waals surface area (Å²) < 4.78 is 5.39. The van der Waals surface area contributed by atoms with Crippen LogP contribution in [0.5, 0.6) is 0 Å². The van der Waals surface area contributed by atoms with Gasteiger partial charge < -0.3 is 20.7 Å². The molecule has 2 fully saturated rings. The van der Waals surface area contributed by atoms with Crippen LogP contribution in [0, 0.1) is 11.3 Å². The number of hydrogen-bond acceptors (Lipinski definition) is 4. The lowest BCUT2D eigenvalue weighted by atomic mass is 9.79. The number of nitrogens with two attached hydrogens (primary N) is 1. The highest BCUT2D eigenvalue weighted by Gasteiger charge is 2.39. The van der Waals surface area contributed by atoms with Gasteiger partial charge in [0.15, 0.2) is 0 Å². The van der Waals surface area contributed by atoms with Crippen molar-refractivity contribution in [2.75, 3.05) is 45.9 Å². The van der Waals surface area contributed by atoms with Gasteiger partial charge in [-0.25, -0.2) is 0 Å². The monoisotopic (exact) mass is 417 g/mol. The van der Waals surface area contributed by atoms with Crippen LogP contribution in [0.2, 0.25) is 0 Å². The van der Waals surface area contributed by atoms with Crippen molar-refractivity contribution in [1.29, 1.82) is 0 Å². The van der Waals surface area contributed by atoms with Gasteiger partial charge in [-0.05, 0) is 43.7 Å². The van der Waals surface area contributed by atoms with E-state index >= 15 is 0 Å². The number of carbonyl (C=O) groups is 1. The normalized spacial score (nSPS) is 21.7. The summed E-state index contributed by atoms with van der Waals surface area (Å²) >= 11 is 0. The van der Waals surface area contributed by atoms with Crippen molar-refractivity contribution >= 4 is 30.7 Å². The molecular formula is C20H33Cl2N3O2. The van der Waals surface area contributed by atoms with Crippen LogP contribution < -0.4 is 11.1 Å². The summed E-state index contributed by atoms with van der Waals surface area (Å²) in [6.07, 6.45) is 3.73. The highest BCUT2D eigenvalue weighted by Crippen LogP contribution is 2.29. The number of halogens is 2. The maximum absolute atomic E-state index is 12.6. The molecule has 0 radical (unpaired) electrons. The van der Waals surface area contributed by atoms with Crippen LogP contribution in [-0.4, -0.2) is 56.7 Å². The standard InChI is InChI=1S/C20H31N3O2.2ClH/c21-16-20(8-12-25-13-9-20)19(24)22-14-18-7-11-23(15-18)10-6-17-4-2-1-3-5-17;;/h1-5,18H,6-16,21H2,(H,22,24);2*1H. The summed E-state index contributed by atoms with van der Waals surface area (Å²) in [7, 11) is 0. The van der Waals surface area contributed by atoms with Crippen LogP contribution in [0.25, 0.3) is 0 Å². The van der Waals surface area contributed by atoms with Crippen LogP contribution in [0.3, 0.4) is 0 Å². The van der Waals surface area contributed by atoms with Crippen molar-refractivity contribution < 1.29 is 9.53 Å². The van der Waals surface area contributed by atoms with E-state index in [2.05, 4.69) is 40.5 Å². The second-order valence-corrected chi connectivity index (χ2v) is 7.50. The Morgan fingerprint density at radius 3 is 2.59 bits per heavy atom. The molecule has 2 heterocycles. The third-order valence-electron chi connectivity index (χ3n) is 5.80. The Bertz CT molecular complexity index is 553. The zero-order chi connectivity index (χ0) is 17.5. The fraction of sp³-hybridized carbons (Fsp3) is 0.650. The third kappa shape index (κ3) is 6.61. The molecule has 0 spiro atoms. The lowest BCUT2D eigenvalue weighted by molar-refractivity contribution is -0.136. The summed E-state index contributed by atoms with van der Waals surface area (Å²) in [6, 6.07) is 10.6. The smallest absolute Gasteiger partial charge is 0.227 e. The van der Waals surface area contributed by atoms with E-state index in [9.17, 15) is 4.79 Å². The van der Waals surface area contributed by atoms with Crippen LogP contribution in [-0.2, 0) is 16.0 Å². The number of amides is 1. The fourth-order valence-electron chi connectivity index (χ4n) is 3.93. The van der Waals surface area contributed by atoms with E-state index in [1.165, 1.54) is 5.56 Å². The maximum Gasteiger partial charge on any atom is 0.227 e. The highest BCUT2D eigenvalue weighted by atomic mass is 35.5. The summed E-state index contributed by atoms with van der Waals surface area (Å²) in [6.45, 7) is 5.76. The molecule has 7 heteroatoms. The second-order valence-electron chi connectivity index (χ2n) is 7.50. The minimum Gasteiger partial charge on any atom is -0.381 e. The lowest BCUT2D eigenvalue weighted by Crippen LogP contribution is -2.50. The molecule has 1 atom stereocenters. The minimum atomic E-state index is -0.413. The second kappa shape index (κ2) is 11.9. The van der Waals surface area contributed by atoms with Gasteiger partial charge in [0.25, 0.3) is 0 Å². The molecule has 1 unspecified atom stereocenters. The van der Waals surface area contributed by atoms with Crippen molar-refractivity contribution in [3.05, 3.63) is 35.9 Å². The molecule has 3 N–H and O–H groups in total. The largest absolute Gasteiger partial charge is 0.381 e. The average Bonchev–Trinajstić information content (AvgIpc) is 3.13. The third-order valence-corrected chi connectivity index (χ3v) is 5.80. The van der Waals surface area contributed by atoms with Gasteiger partial charge in [-0.2, -0.15) is 0 Å². The predicted molar refractivity (Wildman–Crippen MR) is 114 cm³/mol. The molecule has 0 aliphatic carbocycles. The Kier molecular flexibility index (Phi) is 10.6. The van der Waals surface area contributed by atoms with Gasteiger partial charge in [-0.3, -0.25) is 4.79 Å². The SMILES string of the molecule is Cl.Cl.NCC1(C(=O)NCC2CCN(CCc3ccccc3)C2)CCOCC1. The first-order valence-electron chi connectivity index (χ1n) is 9.54. The van der Waals surface area contributed by atoms with Crippen molar-refractivity contribution in [1.82, 2.24) is 10.2 Å². The Labute approximate surface area is 175 Å². The zero-order valence-corrected chi connectivity index (χ0v) is 17.5. The molecule has 2 saturated heterocycles. The van der Waals surface area contributed by atoms with E-state index < -0.39 is 5.41 Å². The van der Waals surface area contributed by atoms with Crippen molar-refractivity contribution in [2.24, 2.45) is 17.1 Å². The van der Waals surface area contributed by atoms with Crippen molar-refractivity contribution in [2.45, 2.75) is 25.7 Å². The van der Waals surface area contributed by atoms with E-state index in [4.69, 9.17) is 10.5 Å². The number of benzene rings is 1. The number of likely N-dealkylation sites (tertiary alicyclic amines) is 1. The van der Waals surface area contributed by atoms with Gasteiger partial charge in [0.2, 0.25) is 5.91 Å². The summed E-state index contributed by atoms with van der Waals surface area (Å²) in [5.41, 5.74) is 6.89. The van der Waals surface area contributed by atoms with Crippen molar-refractivity contribution in [3.8, 4) is 0 Å². The Morgan fingerprint density at radius 2 is 1.93 bits per heavy atom. The number of ether oxygens (including phenoxy) is 1. The summed E-state index contributed by atoms with van der Waals surface area (Å²) in [4.78, 5) is 15.2. The molecule has 3 rings (SSSR count). The Morgan fingerprint density at radius 1 is 1.22 bits per heavy atom. The van der Waals surface area contributed by atoms with Gasteiger partial charge in [-0.1, -0.05) is 30.3 Å². The molecule has 1 aromatic carbocycles. The first-order chi connectivity index (χ1) is 12.2. The first kappa shape index (κ1) is 24.2. The zero-order valence-electron chi connectivity index (χ0n) is 15.9. The van der Waals surface area contributed by atoms with Crippen LogP contribution in [0.4, 0.5) is 0 Å².